The Hall–Kier alpha value is -1.29. The number of nitrogens with zero attached hydrogens (tertiary/aromatic N) is 1. The van der Waals surface area contributed by atoms with E-state index in [9.17, 15) is 4.39 Å². The first-order valence-electron chi connectivity index (χ1n) is 5.87. The van der Waals surface area contributed by atoms with Crippen molar-refractivity contribution in [2.24, 2.45) is 11.7 Å². The third kappa shape index (κ3) is 3.60. The number of ether oxygens (including phenoxy) is 1. The molecule has 1 rings (SSSR count). The maximum atomic E-state index is 13.5. The second-order valence-electron chi connectivity index (χ2n) is 4.21. The molecular formula is C13H21FN2O. The normalized spacial score (nSPS) is 12.3. The minimum absolute atomic E-state index is 0.271. The van der Waals surface area contributed by atoms with Crippen LogP contribution in [0.3, 0.4) is 0 Å². The van der Waals surface area contributed by atoms with E-state index in [0.29, 0.717) is 12.5 Å². The van der Waals surface area contributed by atoms with Crippen LogP contribution in [0.25, 0.3) is 0 Å². The lowest BCUT2D eigenvalue weighted by molar-refractivity contribution is 0.386. The number of benzene rings is 1. The van der Waals surface area contributed by atoms with Gasteiger partial charge in [-0.15, -0.1) is 0 Å². The van der Waals surface area contributed by atoms with Gasteiger partial charge >= 0.3 is 0 Å². The standard InChI is InChI=1S/C13H21FN2O/c1-4-10(8-15)9-16(2)11-5-6-13(17-3)12(14)7-11/h5-7,10H,4,8-9,15H2,1-3H3. The lowest BCUT2D eigenvalue weighted by atomic mass is 10.1. The molecule has 0 saturated heterocycles. The van der Waals surface area contributed by atoms with Gasteiger partial charge < -0.3 is 15.4 Å². The molecule has 0 fully saturated rings. The number of hydrogen-bond donors (Lipinski definition) is 1. The summed E-state index contributed by atoms with van der Waals surface area (Å²) >= 11 is 0. The number of rotatable bonds is 6. The predicted molar refractivity (Wildman–Crippen MR) is 69.1 cm³/mol. The topological polar surface area (TPSA) is 38.5 Å². The molecule has 1 aromatic rings. The Labute approximate surface area is 102 Å². The Morgan fingerprint density at radius 2 is 2.18 bits per heavy atom. The molecule has 0 aliphatic heterocycles. The summed E-state index contributed by atoms with van der Waals surface area (Å²) in [6, 6.07) is 4.98. The van der Waals surface area contributed by atoms with Crippen LogP contribution in [0.1, 0.15) is 13.3 Å². The molecule has 0 aliphatic carbocycles. The fourth-order valence-corrected chi connectivity index (χ4v) is 1.76. The van der Waals surface area contributed by atoms with Crippen molar-refractivity contribution in [2.45, 2.75) is 13.3 Å². The van der Waals surface area contributed by atoms with Crippen molar-refractivity contribution in [2.75, 3.05) is 32.1 Å². The van der Waals surface area contributed by atoms with Crippen molar-refractivity contribution >= 4 is 5.69 Å². The number of halogens is 1. The van der Waals surface area contributed by atoms with Crippen LogP contribution in [-0.2, 0) is 0 Å². The third-order valence-electron chi connectivity index (χ3n) is 3.02. The molecule has 2 N–H and O–H groups in total. The highest BCUT2D eigenvalue weighted by Gasteiger charge is 2.11. The van der Waals surface area contributed by atoms with Crippen molar-refractivity contribution in [3.05, 3.63) is 24.0 Å². The van der Waals surface area contributed by atoms with Crippen molar-refractivity contribution in [1.29, 1.82) is 0 Å². The van der Waals surface area contributed by atoms with Crippen molar-refractivity contribution in [3.63, 3.8) is 0 Å². The Morgan fingerprint density at radius 1 is 1.47 bits per heavy atom. The summed E-state index contributed by atoms with van der Waals surface area (Å²) in [5, 5.41) is 0. The number of nitrogens with two attached hydrogens (primary N) is 1. The van der Waals surface area contributed by atoms with Gasteiger partial charge in [-0.2, -0.15) is 0 Å². The van der Waals surface area contributed by atoms with E-state index in [1.807, 2.05) is 18.0 Å². The van der Waals surface area contributed by atoms with Crippen molar-refractivity contribution in [3.8, 4) is 5.75 Å². The van der Waals surface area contributed by atoms with Crippen molar-refractivity contribution < 1.29 is 9.13 Å². The van der Waals surface area contributed by atoms with Crippen molar-refractivity contribution in [1.82, 2.24) is 0 Å². The average Bonchev–Trinajstić information content (AvgIpc) is 2.35. The molecule has 0 aliphatic rings. The second kappa shape index (κ2) is 6.45. The highest BCUT2D eigenvalue weighted by molar-refractivity contribution is 5.49. The summed E-state index contributed by atoms with van der Waals surface area (Å²) in [4.78, 5) is 2.02. The Kier molecular flexibility index (Phi) is 5.22. The summed E-state index contributed by atoms with van der Waals surface area (Å²) in [5.74, 6) is 0.371. The zero-order chi connectivity index (χ0) is 12.8. The van der Waals surface area contributed by atoms with Gasteiger partial charge in [0.05, 0.1) is 7.11 Å². The SMILES string of the molecule is CCC(CN)CN(C)c1ccc(OC)c(F)c1. The number of methoxy groups -OCH3 is 1. The Balaban J connectivity index is 2.75. The van der Waals surface area contributed by atoms with Crippen LogP contribution in [-0.4, -0.2) is 27.2 Å². The van der Waals surface area contributed by atoms with Crippen LogP contribution in [0.5, 0.6) is 5.75 Å². The van der Waals surface area contributed by atoms with Gasteiger partial charge in [-0.1, -0.05) is 13.3 Å². The van der Waals surface area contributed by atoms with E-state index in [1.165, 1.54) is 13.2 Å². The van der Waals surface area contributed by atoms with E-state index in [4.69, 9.17) is 10.5 Å². The highest BCUT2D eigenvalue weighted by Crippen LogP contribution is 2.23. The van der Waals surface area contributed by atoms with Gasteiger partial charge in [0.1, 0.15) is 0 Å². The van der Waals surface area contributed by atoms with Gasteiger partial charge in [-0.25, -0.2) is 4.39 Å². The molecule has 0 saturated carbocycles. The highest BCUT2D eigenvalue weighted by atomic mass is 19.1. The largest absolute Gasteiger partial charge is 0.494 e. The van der Waals surface area contributed by atoms with Gasteiger partial charge in [-0.3, -0.25) is 0 Å². The van der Waals surface area contributed by atoms with E-state index in [-0.39, 0.29) is 11.6 Å². The Bertz CT molecular complexity index is 353. The van der Waals surface area contributed by atoms with Crippen LogP contribution in [0.4, 0.5) is 10.1 Å². The third-order valence-corrected chi connectivity index (χ3v) is 3.02. The fourth-order valence-electron chi connectivity index (χ4n) is 1.76. The monoisotopic (exact) mass is 240 g/mol. The minimum atomic E-state index is -0.336. The summed E-state index contributed by atoms with van der Waals surface area (Å²) in [7, 11) is 3.41. The average molecular weight is 240 g/mol. The molecule has 1 aromatic carbocycles. The molecule has 0 spiro atoms. The molecule has 4 heteroatoms. The van der Waals surface area contributed by atoms with Gasteiger partial charge in [0, 0.05) is 25.3 Å². The Morgan fingerprint density at radius 3 is 2.65 bits per heavy atom. The molecule has 0 radical (unpaired) electrons. The first kappa shape index (κ1) is 13.8. The summed E-state index contributed by atoms with van der Waals surface area (Å²) in [6.07, 6.45) is 1.03. The van der Waals surface area contributed by atoms with E-state index in [2.05, 4.69) is 6.92 Å². The maximum Gasteiger partial charge on any atom is 0.167 e. The summed E-state index contributed by atoms with van der Waals surface area (Å²) < 4.78 is 18.4. The van der Waals surface area contributed by atoms with Gasteiger partial charge in [0.2, 0.25) is 0 Å². The predicted octanol–water partition coefficient (Wildman–Crippen LogP) is 2.26. The summed E-state index contributed by atoms with van der Waals surface area (Å²) in [6.45, 7) is 3.60. The fraction of sp³-hybridized carbons (Fsp3) is 0.538. The van der Waals surface area contributed by atoms with E-state index in [0.717, 1.165) is 18.7 Å². The molecule has 0 heterocycles. The summed E-state index contributed by atoms with van der Waals surface area (Å²) in [5.41, 5.74) is 6.51. The zero-order valence-electron chi connectivity index (χ0n) is 10.7. The molecule has 3 nitrogen and oxygen atoms in total. The number of hydrogen-bond acceptors (Lipinski definition) is 3. The van der Waals surface area contributed by atoms with Crippen LogP contribution < -0.4 is 15.4 Å². The maximum absolute atomic E-state index is 13.5. The quantitative estimate of drug-likeness (QED) is 0.829. The van der Waals surface area contributed by atoms with E-state index >= 15 is 0 Å². The van der Waals surface area contributed by atoms with Gasteiger partial charge in [0.15, 0.2) is 11.6 Å². The molecular weight excluding hydrogens is 219 g/mol. The first-order valence-corrected chi connectivity index (χ1v) is 5.87. The van der Waals surface area contributed by atoms with Crippen LogP contribution in [0, 0.1) is 11.7 Å². The zero-order valence-corrected chi connectivity index (χ0v) is 10.7. The van der Waals surface area contributed by atoms with Crippen LogP contribution in [0.2, 0.25) is 0 Å². The van der Waals surface area contributed by atoms with E-state index in [1.54, 1.807) is 6.07 Å². The van der Waals surface area contributed by atoms with Gasteiger partial charge in [0.25, 0.3) is 0 Å². The van der Waals surface area contributed by atoms with E-state index < -0.39 is 0 Å². The molecule has 0 amide bonds. The first-order chi connectivity index (χ1) is 8.12. The molecule has 1 atom stereocenters. The number of anilines is 1. The molecule has 1 unspecified atom stereocenters. The van der Waals surface area contributed by atoms with Crippen LogP contribution >= 0.6 is 0 Å². The smallest absolute Gasteiger partial charge is 0.167 e. The van der Waals surface area contributed by atoms with Crippen LogP contribution in [0.15, 0.2) is 18.2 Å². The molecule has 0 aromatic heterocycles. The lowest BCUT2D eigenvalue weighted by Gasteiger charge is -2.24. The molecule has 0 bridgehead atoms. The molecule has 17 heavy (non-hydrogen) atoms. The minimum Gasteiger partial charge on any atom is -0.494 e. The van der Waals surface area contributed by atoms with Gasteiger partial charge in [-0.05, 0) is 24.6 Å². The second-order valence-corrected chi connectivity index (χ2v) is 4.21. The lowest BCUT2D eigenvalue weighted by Crippen LogP contribution is -2.29. The molecule has 96 valence electrons.